The first-order chi connectivity index (χ1) is 16.8. The maximum absolute atomic E-state index is 13.2. The normalized spacial score (nSPS) is 15.6. The van der Waals surface area contributed by atoms with Gasteiger partial charge in [0.25, 0.3) is 5.91 Å². The lowest BCUT2D eigenvalue weighted by molar-refractivity contribution is 0.102. The van der Waals surface area contributed by atoms with Crippen molar-refractivity contribution in [1.82, 2.24) is 10.3 Å². The van der Waals surface area contributed by atoms with Crippen LogP contribution in [-0.4, -0.2) is 30.1 Å². The van der Waals surface area contributed by atoms with Crippen molar-refractivity contribution in [1.29, 1.82) is 0 Å². The van der Waals surface area contributed by atoms with Crippen molar-refractivity contribution in [2.75, 3.05) is 23.8 Å². The van der Waals surface area contributed by atoms with Crippen molar-refractivity contribution in [3.8, 4) is 5.75 Å². The van der Waals surface area contributed by atoms with Crippen LogP contribution in [0, 0.1) is 5.82 Å². The Kier molecular flexibility index (Phi) is 7.66. The monoisotopic (exact) mass is 476 g/mol. The summed E-state index contributed by atoms with van der Waals surface area (Å²) < 4.78 is 19.4. The summed E-state index contributed by atoms with van der Waals surface area (Å²) in [5.74, 6) is 0.688. The minimum absolute atomic E-state index is 0.0955. The summed E-state index contributed by atoms with van der Waals surface area (Å²) in [6, 6.07) is 15.8. The van der Waals surface area contributed by atoms with Crippen LogP contribution in [0.3, 0.4) is 0 Å². The van der Waals surface area contributed by atoms with Gasteiger partial charge in [-0.25, -0.2) is 9.37 Å². The summed E-state index contributed by atoms with van der Waals surface area (Å²) in [6.45, 7) is 8.49. The Labute approximate surface area is 206 Å². The minimum atomic E-state index is -0.285. The molecule has 0 aliphatic carbocycles. The van der Waals surface area contributed by atoms with Crippen LogP contribution in [0.25, 0.3) is 0 Å². The molecule has 3 N–H and O–H groups in total. The van der Waals surface area contributed by atoms with Crippen molar-refractivity contribution in [3.63, 3.8) is 0 Å². The van der Waals surface area contributed by atoms with E-state index in [2.05, 4.69) is 41.7 Å². The first-order valence-corrected chi connectivity index (χ1v) is 12.0. The third kappa shape index (κ3) is 6.57. The van der Waals surface area contributed by atoms with Crippen molar-refractivity contribution in [2.45, 2.75) is 51.6 Å². The van der Waals surface area contributed by atoms with Gasteiger partial charge in [0, 0.05) is 30.5 Å². The van der Waals surface area contributed by atoms with Gasteiger partial charge in [-0.3, -0.25) is 4.79 Å². The quantitative estimate of drug-likeness (QED) is 0.400. The number of aromatic nitrogens is 1. The molecule has 1 unspecified atom stereocenters. The molecule has 1 aliphatic rings. The van der Waals surface area contributed by atoms with Gasteiger partial charge >= 0.3 is 0 Å². The van der Waals surface area contributed by atoms with Crippen LogP contribution in [0.5, 0.6) is 5.75 Å². The molecule has 1 aliphatic heterocycles. The van der Waals surface area contributed by atoms with E-state index in [0.29, 0.717) is 36.3 Å². The number of carbonyl (C=O) groups is 1. The molecule has 3 aromatic rings. The van der Waals surface area contributed by atoms with E-state index in [1.54, 1.807) is 30.5 Å². The molecule has 0 radical (unpaired) electrons. The average Bonchev–Trinajstić information content (AvgIpc) is 3.36. The lowest BCUT2D eigenvalue weighted by Crippen LogP contribution is -2.28. The summed E-state index contributed by atoms with van der Waals surface area (Å²) >= 11 is 0. The molecule has 1 atom stereocenters. The second-order valence-corrected chi connectivity index (χ2v) is 9.90. The number of halogens is 1. The standard InChI is InChI=1S/C28H33FN4O2/c1-28(2,3)24-13-12-21(16-25(24)35-18-22-6-4-14-30-22)33-27(34)23-7-5-15-31-26(23)32-17-19-8-10-20(29)11-9-19/h5,7-13,15-16,22,30H,4,6,14,17-18H2,1-3H3,(H,31,32)(H,33,34). The highest BCUT2D eigenvalue weighted by molar-refractivity contribution is 6.07. The van der Waals surface area contributed by atoms with Gasteiger partial charge in [-0.15, -0.1) is 0 Å². The van der Waals surface area contributed by atoms with Crippen LogP contribution in [-0.2, 0) is 12.0 Å². The van der Waals surface area contributed by atoms with Crippen LogP contribution >= 0.6 is 0 Å². The Hall–Kier alpha value is -3.45. The fraction of sp³-hybridized carbons (Fsp3) is 0.357. The van der Waals surface area contributed by atoms with E-state index in [-0.39, 0.29) is 17.1 Å². The Morgan fingerprint density at radius 1 is 1.17 bits per heavy atom. The Morgan fingerprint density at radius 2 is 1.97 bits per heavy atom. The SMILES string of the molecule is CC(C)(C)c1ccc(NC(=O)c2cccnc2NCc2ccc(F)cc2)cc1OCC1CCCN1. The highest BCUT2D eigenvalue weighted by Gasteiger charge is 2.22. The van der Waals surface area contributed by atoms with Crippen LogP contribution < -0.4 is 20.7 Å². The fourth-order valence-corrected chi connectivity index (χ4v) is 4.14. The van der Waals surface area contributed by atoms with Crippen molar-refractivity contribution in [3.05, 3.63) is 83.3 Å². The van der Waals surface area contributed by atoms with E-state index in [4.69, 9.17) is 4.74 Å². The van der Waals surface area contributed by atoms with Gasteiger partial charge in [0.05, 0.1) is 5.56 Å². The van der Waals surface area contributed by atoms with Crippen molar-refractivity contribution in [2.24, 2.45) is 0 Å². The number of pyridine rings is 1. The van der Waals surface area contributed by atoms with Gasteiger partial charge in [0.2, 0.25) is 0 Å². The van der Waals surface area contributed by atoms with Crippen LogP contribution in [0.1, 0.15) is 55.1 Å². The molecule has 184 valence electrons. The molecule has 2 aromatic carbocycles. The van der Waals surface area contributed by atoms with Gasteiger partial charge in [0.15, 0.2) is 0 Å². The van der Waals surface area contributed by atoms with Crippen LogP contribution in [0.4, 0.5) is 15.9 Å². The number of benzene rings is 2. The highest BCUT2D eigenvalue weighted by atomic mass is 19.1. The summed E-state index contributed by atoms with van der Waals surface area (Å²) in [4.78, 5) is 17.5. The molecular weight excluding hydrogens is 443 g/mol. The minimum Gasteiger partial charge on any atom is -0.492 e. The summed E-state index contributed by atoms with van der Waals surface area (Å²) in [5.41, 5.74) is 2.97. The first-order valence-electron chi connectivity index (χ1n) is 12.0. The predicted octanol–water partition coefficient (Wildman–Crippen LogP) is 5.51. The van der Waals surface area contributed by atoms with E-state index in [1.807, 2.05) is 18.2 Å². The number of anilines is 2. The molecule has 6 nitrogen and oxygen atoms in total. The molecule has 2 heterocycles. The number of amides is 1. The third-order valence-corrected chi connectivity index (χ3v) is 6.08. The number of nitrogens with one attached hydrogen (secondary N) is 3. The molecule has 35 heavy (non-hydrogen) atoms. The van der Waals surface area contributed by atoms with Gasteiger partial charge in [0.1, 0.15) is 24.0 Å². The zero-order valence-corrected chi connectivity index (χ0v) is 20.5. The number of ether oxygens (including phenoxy) is 1. The lowest BCUT2D eigenvalue weighted by Gasteiger charge is -2.24. The van der Waals surface area contributed by atoms with Crippen LogP contribution in [0.2, 0.25) is 0 Å². The fourth-order valence-electron chi connectivity index (χ4n) is 4.14. The second kappa shape index (κ2) is 10.9. The molecule has 4 rings (SSSR count). The topological polar surface area (TPSA) is 75.3 Å². The number of hydrogen-bond acceptors (Lipinski definition) is 5. The molecule has 1 fully saturated rings. The zero-order chi connectivity index (χ0) is 24.8. The molecule has 7 heteroatoms. The van der Waals surface area contributed by atoms with E-state index in [1.165, 1.54) is 18.6 Å². The highest BCUT2D eigenvalue weighted by Crippen LogP contribution is 2.34. The van der Waals surface area contributed by atoms with E-state index < -0.39 is 0 Å². The third-order valence-electron chi connectivity index (χ3n) is 6.08. The van der Waals surface area contributed by atoms with Crippen molar-refractivity contribution < 1.29 is 13.9 Å². The summed E-state index contributed by atoms with van der Waals surface area (Å²) in [5, 5.41) is 9.63. The molecule has 0 saturated carbocycles. The molecule has 1 saturated heterocycles. The predicted molar refractivity (Wildman–Crippen MR) is 138 cm³/mol. The maximum atomic E-state index is 13.2. The Bertz CT molecular complexity index is 1150. The average molecular weight is 477 g/mol. The van der Waals surface area contributed by atoms with Crippen LogP contribution in [0.15, 0.2) is 60.8 Å². The molecule has 0 spiro atoms. The molecule has 1 aromatic heterocycles. The van der Waals surface area contributed by atoms with E-state index in [0.717, 1.165) is 29.8 Å². The van der Waals surface area contributed by atoms with Gasteiger partial charge in [-0.2, -0.15) is 0 Å². The lowest BCUT2D eigenvalue weighted by atomic mass is 9.86. The number of rotatable bonds is 8. The summed E-state index contributed by atoms with van der Waals surface area (Å²) in [6.07, 6.45) is 3.90. The number of hydrogen-bond donors (Lipinski definition) is 3. The zero-order valence-electron chi connectivity index (χ0n) is 20.5. The van der Waals surface area contributed by atoms with Gasteiger partial charge in [-0.05, 0) is 66.3 Å². The molecular formula is C28H33FN4O2. The van der Waals surface area contributed by atoms with Gasteiger partial charge < -0.3 is 20.7 Å². The smallest absolute Gasteiger partial charge is 0.259 e. The molecule has 1 amide bonds. The Morgan fingerprint density at radius 3 is 2.69 bits per heavy atom. The van der Waals surface area contributed by atoms with E-state index in [9.17, 15) is 9.18 Å². The number of carbonyl (C=O) groups excluding carboxylic acids is 1. The van der Waals surface area contributed by atoms with Gasteiger partial charge in [-0.1, -0.05) is 39.0 Å². The Balaban J connectivity index is 1.49. The van der Waals surface area contributed by atoms with E-state index >= 15 is 0 Å². The largest absolute Gasteiger partial charge is 0.492 e. The molecule has 0 bridgehead atoms. The maximum Gasteiger partial charge on any atom is 0.259 e. The number of nitrogens with zero attached hydrogens (tertiary/aromatic N) is 1. The second-order valence-electron chi connectivity index (χ2n) is 9.90. The first kappa shape index (κ1) is 24.7. The van der Waals surface area contributed by atoms with Crippen molar-refractivity contribution >= 4 is 17.4 Å². The summed E-state index contributed by atoms with van der Waals surface area (Å²) in [7, 11) is 0.